The number of rotatable bonds is 2. The fraction of sp³-hybridized carbons (Fsp3) is 0.833. The molecule has 0 amide bonds. The van der Waals surface area contributed by atoms with Crippen LogP contribution in [0.4, 0.5) is 0 Å². The Morgan fingerprint density at radius 2 is 2.13 bits per heavy atom. The van der Waals surface area contributed by atoms with Gasteiger partial charge in [0, 0.05) is 25.9 Å². The van der Waals surface area contributed by atoms with E-state index in [1.807, 2.05) is 0 Å². The fourth-order valence-electron chi connectivity index (χ4n) is 2.50. The maximum absolute atomic E-state index is 5.94. The van der Waals surface area contributed by atoms with Crippen LogP contribution in [0.25, 0.3) is 0 Å². The molecule has 2 aliphatic rings. The SMILES string of the molecule is C#CCNC1CCOC2(CCOCC2)C1. The molecule has 1 atom stereocenters. The highest BCUT2D eigenvalue weighted by Crippen LogP contribution is 2.34. The first-order valence-corrected chi connectivity index (χ1v) is 5.73. The van der Waals surface area contributed by atoms with Crippen LogP contribution in [0.3, 0.4) is 0 Å². The van der Waals surface area contributed by atoms with Crippen molar-refractivity contribution in [3.63, 3.8) is 0 Å². The van der Waals surface area contributed by atoms with Crippen LogP contribution in [0.5, 0.6) is 0 Å². The van der Waals surface area contributed by atoms with Gasteiger partial charge in [-0.2, -0.15) is 0 Å². The molecule has 0 bridgehead atoms. The van der Waals surface area contributed by atoms with E-state index in [2.05, 4.69) is 11.2 Å². The minimum absolute atomic E-state index is 0.0722. The summed E-state index contributed by atoms with van der Waals surface area (Å²) < 4.78 is 11.3. The van der Waals surface area contributed by atoms with Crippen LogP contribution >= 0.6 is 0 Å². The number of hydrogen-bond donors (Lipinski definition) is 1. The normalized spacial score (nSPS) is 29.9. The zero-order valence-corrected chi connectivity index (χ0v) is 9.13. The standard InChI is InChI=1S/C12H19NO2/c1-2-6-13-11-3-7-15-12(10-11)4-8-14-9-5-12/h1,11,13H,3-10H2. The van der Waals surface area contributed by atoms with Gasteiger partial charge >= 0.3 is 0 Å². The molecule has 1 unspecified atom stereocenters. The molecule has 0 aromatic rings. The highest BCUT2D eigenvalue weighted by Gasteiger charge is 2.38. The molecule has 3 heteroatoms. The largest absolute Gasteiger partial charge is 0.381 e. The van der Waals surface area contributed by atoms with Gasteiger partial charge in [-0.1, -0.05) is 5.92 Å². The molecule has 3 nitrogen and oxygen atoms in total. The minimum Gasteiger partial charge on any atom is -0.381 e. The van der Waals surface area contributed by atoms with Gasteiger partial charge in [0.25, 0.3) is 0 Å². The second-order valence-electron chi connectivity index (χ2n) is 4.42. The average Bonchev–Trinajstić information content (AvgIpc) is 2.28. The maximum Gasteiger partial charge on any atom is 0.0741 e. The summed E-state index contributed by atoms with van der Waals surface area (Å²) in [7, 11) is 0. The van der Waals surface area contributed by atoms with Gasteiger partial charge in [0.1, 0.15) is 0 Å². The van der Waals surface area contributed by atoms with Crippen molar-refractivity contribution in [1.82, 2.24) is 5.32 Å². The van der Waals surface area contributed by atoms with Crippen LogP contribution in [-0.4, -0.2) is 38.0 Å². The first-order valence-electron chi connectivity index (χ1n) is 5.73. The van der Waals surface area contributed by atoms with Gasteiger partial charge in [-0.25, -0.2) is 0 Å². The van der Waals surface area contributed by atoms with Crippen molar-refractivity contribution in [2.75, 3.05) is 26.4 Å². The molecule has 2 aliphatic heterocycles. The van der Waals surface area contributed by atoms with Crippen molar-refractivity contribution in [2.45, 2.75) is 37.3 Å². The van der Waals surface area contributed by atoms with E-state index in [0.717, 1.165) is 45.5 Å². The van der Waals surface area contributed by atoms with Crippen LogP contribution in [-0.2, 0) is 9.47 Å². The molecule has 0 radical (unpaired) electrons. The summed E-state index contributed by atoms with van der Waals surface area (Å²) >= 11 is 0. The summed E-state index contributed by atoms with van der Waals surface area (Å²) in [6.45, 7) is 3.18. The lowest BCUT2D eigenvalue weighted by Crippen LogP contribution is -2.49. The Hall–Kier alpha value is -0.560. The molecule has 84 valence electrons. The topological polar surface area (TPSA) is 30.5 Å². The second kappa shape index (κ2) is 4.98. The van der Waals surface area contributed by atoms with Gasteiger partial charge in [-0.05, 0) is 25.7 Å². The van der Waals surface area contributed by atoms with Gasteiger partial charge in [-0.15, -0.1) is 6.42 Å². The monoisotopic (exact) mass is 209 g/mol. The quantitative estimate of drug-likeness (QED) is 0.687. The van der Waals surface area contributed by atoms with E-state index in [4.69, 9.17) is 15.9 Å². The fourth-order valence-corrected chi connectivity index (χ4v) is 2.50. The summed E-state index contributed by atoms with van der Waals surface area (Å²) in [5.41, 5.74) is 0.0722. The third-order valence-electron chi connectivity index (χ3n) is 3.39. The Morgan fingerprint density at radius 3 is 2.87 bits per heavy atom. The van der Waals surface area contributed by atoms with Crippen molar-refractivity contribution in [2.24, 2.45) is 0 Å². The molecule has 0 saturated carbocycles. The van der Waals surface area contributed by atoms with E-state index in [0.29, 0.717) is 12.6 Å². The highest BCUT2D eigenvalue weighted by molar-refractivity contribution is 4.94. The first kappa shape index (κ1) is 10.9. The lowest BCUT2D eigenvalue weighted by molar-refractivity contribution is -0.140. The lowest BCUT2D eigenvalue weighted by Gasteiger charge is -2.43. The van der Waals surface area contributed by atoms with Gasteiger partial charge in [-0.3, -0.25) is 0 Å². The van der Waals surface area contributed by atoms with E-state index in [9.17, 15) is 0 Å². The Morgan fingerprint density at radius 1 is 1.33 bits per heavy atom. The molecule has 2 rings (SSSR count). The first-order chi connectivity index (χ1) is 7.35. The molecule has 0 aliphatic carbocycles. The van der Waals surface area contributed by atoms with E-state index in [1.54, 1.807) is 0 Å². The molecular formula is C12H19NO2. The molecule has 2 fully saturated rings. The van der Waals surface area contributed by atoms with E-state index >= 15 is 0 Å². The Labute approximate surface area is 91.5 Å². The van der Waals surface area contributed by atoms with E-state index in [1.165, 1.54) is 0 Å². The number of nitrogens with one attached hydrogen (secondary N) is 1. The molecule has 1 spiro atoms. The third kappa shape index (κ3) is 2.72. The molecule has 15 heavy (non-hydrogen) atoms. The summed E-state index contributed by atoms with van der Waals surface area (Å²) in [6, 6.07) is 0.521. The summed E-state index contributed by atoms with van der Waals surface area (Å²) in [4.78, 5) is 0. The van der Waals surface area contributed by atoms with Crippen molar-refractivity contribution in [3.8, 4) is 12.3 Å². The Bertz CT molecular complexity index is 235. The van der Waals surface area contributed by atoms with E-state index in [-0.39, 0.29) is 5.60 Å². The van der Waals surface area contributed by atoms with Crippen LogP contribution in [0.15, 0.2) is 0 Å². The van der Waals surface area contributed by atoms with Crippen molar-refractivity contribution in [3.05, 3.63) is 0 Å². The zero-order valence-electron chi connectivity index (χ0n) is 9.13. The molecule has 2 heterocycles. The maximum atomic E-state index is 5.94. The predicted octanol–water partition coefficient (Wildman–Crippen LogP) is 0.937. The summed E-state index contributed by atoms with van der Waals surface area (Å²) in [5.74, 6) is 2.63. The van der Waals surface area contributed by atoms with Crippen LogP contribution in [0.2, 0.25) is 0 Å². The molecule has 0 aromatic carbocycles. The number of terminal acetylenes is 1. The molecular weight excluding hydrogens is 190 g/mol. The predicted molar refractivity (Wildman–Crippen MR) is 58.6 cm³/mol. The molecule has 0 aromatic heterocycles. The van der Waals surface area contributed by atoms with Crippen molar-refractivity contribution in [1.29, 1.82) is 0 Å². The van der Waals surface area contributed by atoms with Crippen LogP contribution in [0.1, 0.15) is 25.7 Å². The van der Waals surface area contributed by atoms with Gasteiger partial charge in [0.05, 0.1) is 12.1 Å². The third-order valence-corrected chi connectivity index (χ3v) is 3.39. The minimum atomic E-state index is 0.0722. The van der Waals surface area contributed by atoms with Crippen molar-refractivity contribution < 1.29 is 9.47 Å². The smallest absolute Gasteiger partial charge is 0.0741 e. The van der Waals surface area contributed by atoms with Crippen LogP contribution in [0, 0.1) is 12.3 Å². The van der Waals surface area contributed by atoms with E-state index < -0.39 is 0 Å². The average molecular weight is 209 g/mol. The van der Waals surface area contributed by atoms with Gasteiger partial charge in [0.15, 0.2) is 0 Å². The number of ether oxygens (including phenoxy) is 2. The second-order valence-corrected chi connectivity index (χ2v) is 4.42. The zero-order chi connectivity index (χ0) is 10.6. The lowest BCUT2D eigenvalue weighted by atomic mass is 9.84. The Kier molecular flexibility index (Phi) is 3.63. The van der Waals surface area contributed by atoms with Gasteiger partial charge in [0.2, 0.25) is 0 Å². The molecule has 1 N–H and O–H groups in total. The highest BCUT2D eigenvalue weighted by atomic mass is 16.5. The Balaban J connectivity index is 1.88. The van der Waals surface area contributed by atoms with Gasteiger partial charge < -0.3 is 14.8 Å². The molecule has 2 saturated heterocycles. The van der Waals surface area contributed by atoms with Crippen LogP contribution < -0.4 is 5.32 Å². The number of hydrogen-bond acceptors (Lipinski definition) is 3. The summed E-state index contributed by atoms with van der Waals surface area (Å²) in [6.07, 6.45) is 9.46. The summed E-state index contributed by atoms with van der Waals surface area (Å²) in [5, 5.41) is 3.39. The van der Waals surface area contributed by atoms with Crippen molar-refractivity contribution >= 4 is 0 Å².